The zero-order valence-electron chi connectivity index (χ0n) is 12.2. The van der Waals surface area contributed by atoms with Crippen LogP contribution in [0.2, 0.25) is 5.02 Å². The molecule has 0 spiro atoms. The molecule has 5 heteroatoms. The molecule has 3 aromatic rings. The maximum absolute atomic E-state index is 11.7. The van der Waals surface area contributed by atoms with Crippen molar-refractivity contribution in [3.05, 3.63) is 68.7 Å². The minimum atomic E-state index is -0.324. The Bertz CT molecular complexity index is 888. The third-order valence-corrected chi connectivity index (χ3v) is 4.74. The first-order valence-electron chi connectivity index (χ1n) is 6.81. The number of benzene rings is 1. The van der Waals surface area contributed by atoms with Gasteiger partial charge in [-0.15, -0.1) is 11.8 Å². The molecule has 0 radical (unpaired) electrons. The van der Waals surface area contributed by atoms with Crippen LogP contribution in [0, 0.1) is 13.8 Å². The summed E-state index contributed by atoms with van der Waals surface area (Å²) >= 11 is 7.40. The molecule has 0 unspecified atom stereocenters. The van der Waals surface area contributed by atoms with Crippen molar-refractivity contribution in [1.82, 2.24) is 4.98 Å². The molecule has 0 fully saturated rings. The fraction of sp³-hybridized carbons (Fsp3) is 0.176. The number of hydrogen-bond acceptors (Lipinski definition) is 4. The van der Waals surface area contributed by atoms with Gasteiger partial charge in [0.15, 0.2) is 0 Å². The summed E-state index contributed by atoms with van der Waals surface area (Å²) in [4.78, 5) is 16.0. The molecule has 0 aliphatic heterocycles. The summed E-state index contributed by atoms with van der Waals surface area (Å²) in [5.74, 6) is 0.652. The first-order valence-corrected chi connectivity index (χ1v) is 8.17. The van der Waals surface area contributed by atoms with Gasteiger partial charge < -0.3 is 4.42 Å². The van der Waals surface area contributed by atoms with Crippen LogP contribution >= 0.6 is 23.4 Å². The van der Waals surface area contributed by atoms with Crippen molar-refractivity contribution >= 4 is 34.3 Å². The van der Waals surface area contributed by atoms with Crippen LogP contribution in [-0.2, 0) is 5.75 Å². The maximum Gasteiger partial charge on any atom is 0.336 e. The van der Waals surface area contributed by atoms with Gasteiger partial charge in [0.25, 0.3) is 0 Å². The summed E-state index contributed by atoms with van der Waals surface area (Å²) < 4.78 is 5.31. The molecule has 0 saturated carbocycles. The van der Waals surface area contributed by atoms with E-state index in [1.807, 2.05) is 25.1 Å². The SMILES string of the molecule is Cc1cc2oc(=O)cc(CSc3ccc(Cl)cn3)c2cc1C. The van der Waals surface area contributed by atoms with Gasteiger partial charge in [0, 0.05) is 23.4 Å². The second kappa shape index (κ2) is 6.15. The first-order chi connectivity index (χ1) is 10.5. The largest absolute Gasteiger partial charge is 0.423 e. The quantitative estimate of drug-likeness (QED) is 0.513. The molecule has 0 saturated heterocycles. The van der Waals surface area contributed by atoms with Gasteiger partial charge >= 0.3 is 5.63 Å². The number of thioether (sulfide) groups is 1. The van der Waals surface area contributed by atoms with Crippen molar-refractivity contribution in [1.29, 1.82) is 0 Å². The molecule has 2 aromatic heterocycles. The van der Waals surface area contributed by atoms with E-state index in [1.165, 1.54) is 5.56 Å². The molecule has 0 aliphatic rings. The zero-order valence-corrected chi connectivity index (χ0v) is 13.8. The van der Waals surface area contributed by atoms with E-state index >= 15 is 0 Å². The van der Waals surface area contributed by atoms with Gasteiger partial charge in [0.2, 0.25) is 0 Å². The summed E-state index contributed by atoms with van der Waals surface area (Å²) in [6.07, 6.45) is 1.62. The Morgan fingerprint density at radius 2 is 1.95 bits per heavy atom. The number of halogens is 1. The van der Waals surface area contributed by atoms with Crippen molar-refractivity contribution in [2.45, 2.75) is 24.6 Å². The third kappa shape index (κ3) is 3.18. The van der Waals surface area contributed by atoms with E-state index in [-0.39, 0.29) is 5.63 Å². The second-order valence-corrected chi connectivity index (χ2v) is 6.56. The monoisotopic (exact) mass is 331 g/mol. The van der Waals surface area contributed by atoms with Gasteiger partial charge in [0.1, 0.15) is 5.58 Å². The topological polar surface area (TPSA) is 43.1 Å². The highest BCUT2D eigenvalue weighted by Crippen LogP contribution is 2.27. The number of nitrogens with zero attached hydrogens (tertiary/aromatic N) is 1. The van der Waals surface area contributed by atoms with Gasteiger partial charge in [-0.25, -0.2) is 9.78 Å². The Morgan fingerprint density at radius 1 is 1.18 bits per heavy atom. The highest BCUT2D eigenvalue weighted by molar-refractivity contribution is 7.98. The molecule has 0 N–H and O–H groups in total. The minimum absolute atomic E-state index is 0.324. The summed E-state index contributed by atoms with van der Waals surface area (Å²) in [6, 6.07) is 9.22. The number of hydrogen-bond donors (Lipinski definition) is 0. The van der Waals surface area contributed by atoms with Gasteiger partial charge in [0.05, 0.1) is 10.0 Å². The maximum atomic E-state index is 11.7. The van der Waals surface area contributed by atoms with E-state index in [0.717, 1.165) is 21.5 Å². The highest BCUT2D eigenvalue weighted by Gasteiger charge is 2.08. The lowest BCUT2D eigenvalue weighted by Gasteiger charge is -2.08. The fourth-order valence-electron chi connectivity index (χ4n) is 2.20. The predicted octanol–water partition coefficient (Wildman–Crippen LogP) is 4.75. The van der Waals surface area contributed by atoms with Crippen LogP contribution in [0.3, 0.4) is 0 Å². The van der Waals surface area contributed by atoms with Crippen LogP contribution in [0.1, 0.15) is 16.7 Å². The average Bonchev–Trinajstić information content (AvgIpc) is 2.48. The smallest absolute Gasteiger partial charge is 0.336 e. The van der Waals surface area contributed by atoms with Crippen LogP contribution < -0.4 is 5.63 Å². The van der Waals surface area contributed by atoms with E-state index < -0.39 is 0 Å². The highest BCUT2D eigenvalue weighted by atomic mass is 35.5. The lowest BCUT2D eigenvalue weighted by molar-refractivity contribution is 0.559. The number of aromatic nitrogens is 1. The van der Waals surface area contributed by atoms with E-state index in [9.17, 15) is 4.79 Å². The molecule has 0 atom stereocenters. The van der Waals surface area contributed by atoms with Gasteiger partial charge in [-0.3, -0.25) is 0 Å². The molecule has 0 amide bonds. The Labute approximate surface area is 137 Å². The number of fused-ring (bicyclic) bond motifs is 1. The van der Waals surface area contributed by atoms with Crippen LogP contribution in [0.5, 0.6) is 0 Å². The molecule has 3 nitrogen and oxygen atoms in total. The molecule has 2 heterocycles. The average molecular weight is 332 g/mol. The van der Waals surface area contributed by atoms with Gasteiger partial charge in [-0.1, -0.05) is 11.6 Å². The number of aryl methyl sites for hydroxylation is 2. The second-order valence-electron chi connectivity index (χ2n) is 5.13. The Balaban J connectivity index is 1.97. The summed E-state index contributed by atoms with van der Waals surface area (Å²) in [5.41, 5.74) is 3.55. The molecule has 112 valence electrons. The molecule has 1 aromatic carbocycles. The predicted molar refractivity (Wildman–Crippen MR) is 90.8 cm³/mol. The molecule has 0 aliphatic carbocycles. The summed E-state index contributed by atoms with van der Waals surface area (Å²) in [6.45, 7) is 4.06. The van der Waals surface area contributed by atoms with Crippen molar-refractivity contribution in [3.8, 4) is 0 Å². The van der Waals surface area contributed by atoms with E-state index in [4.69, 9.17) is 16.0 Å². The molecule has 0 bridgehead atoms. The number of pyridine rings is 1. The zero-order chi connectivity index (χ0) is 15.7. The summed E-state index contributed by atoms with van der Waals surface area (Å²) in [5, 5.41) is 2.46. The van der Waals surface area contributed by atoms with Crippen molar-refractivity contribution in [2.75, 3.05) is 0 Å². The lowest BCUT2D eigenvalue weighted by atomic mass is 10.0. The Hall–Kier alpha value is -1.78. The summed E-state index contributed by atoms with van der Waals surface area (Å²) in [7, 11) is 0. The molecule has 3 rings (SSSR count). The van der Waals surface area contributed by atoms with Crippen LogP contribution in [0.25, 0.3) is 11.0 Å². The lowest BCUT2D eigenvalue weighted by Crippen LogP contribution is -2.00. The van der Waals surface area contributed by atoms with Crippen LogP contribution in [-0.4, -0.2) is 4.98 Å². The van der Waals surface area contributed by atoms with E-state index in [2.05, 4.69) is 18.0 Å². The Kier molecular flexibility index (Phi) is 4.23. The van der Waals surface area contributed by atoms with Crippen molar-refractivity contribution < 1.29 is 4.42 Å². The molecular weight excluding hydrogens is 318 g/mol. The standard InChI is InChI=1S/C17H14ClNO2S/c1-10-5-14-12(7-17(20)21-15(14)6-11(10)2)9-22-16-4-3-13(18)8-19-16/h3-8H,9H2,1-2H3. The molecular formula is C17H14ClNO2S. The van der Waals surface area contributed by atoms with E-state index in [0.29, 0.717) is 16.4 Å². The first kappa shape index (κ1) is 15.1. The van der Waals surface area contributed by atoms with Crippen LogP contribution in [0.4, 0.5) is 0 Å². The fourth-order valence-corrected chi connectivity index (χ4v) is 3.15. The van der Waals surface area contributed by atoms with Crippen molar-refractivity contribution in [2.24, 2.45) is 0 Å². The third-order valence-electron chi connectivity index (χ3n) is 3.52. The van der Waals surface area contributed by atoms with Crippen LogP contribution in [0.15, 0.2) is 50.8 Å². The van der Waals surface area contributed by atoms with Gasteiger partial charge in [-0.2, -0.15) is 0 Å². The van der Waals surface area contributed by atoms with E-state index in [1.54, 1.807) is 24.0 Å². The minimum Gasteiger partial charge on any atom is -0.423 e. The van der Waals surface area contributed by atoms with Gasteiger partial charge in [-0.05, 0) is 54.8 Å². The van der Waals surface area contributed by atoms with Crippen molar-refractivity contribution in [3.63, 3.8) is 0 Å². The Morgan fingerprint density at radius 3 is 2.68 bits per heavy atom. The number of rotatable bonds is 3. The molecule has 22 heavy (non-hydrogen) atoms. The normalized spacial score (nSPS) is 11.0.